The molecule has 0 bridgehead atoms. The first-order chi connectivity index (χ1) is 12.5. The van der Waals surface area contributed by atoms with Crippen LogP contribution in [-0.4, -0.2) is 71.8 Å². The van der Waals surface area contributed by atoms with Gasteiger partial charge in [0.1, 0.15) is 5.82 Å². The highest BCUT2D eigenvalue weighted by Crippen LogP contribution is 2.22. The second-order valence-electron chi connectivity index (χ2n) is 6.45. The quantitative estimate of drug-likeness (QED) is 0.802. The van der Waals surface area contributed by atoms with E-state index in [0.29, 0.717) is 43.5 Å². The van der Waals surface area contributed by atoms with Gasteiger partial charge in [-0.2, -0.15) is 0 Å². The summed E-state index contributed by atoms with van der Waals surface area (Å²) in [6, 6.07) is 6.20. The van der Waals surface area contributed by atoms with Crippen LogP contribution in [0.15, 0.2) is 34.9 Å². The number of halogens is 1. The van der Waals surface area contributed by atoms with Crippen molar-refractivity contribution in [1.82, 2.24) is 14.8 Å². The van der Waals surface area contributed by atoms with Crippen LogP contribution in [0, 0.1) is 5.82 Å². The summed E-state index contributed by atoms with van der Waals surface area (Å²) < 4.78 is 24.8. The van der Waals surface area contributed by atoms with E-state index in [-0.39, 0.29) is 18.5 Å². The SMILES string of the molecule is CN(CC(=O)O)CC1CN(Cc2ncc(-c3cccc(F)c3)o2)CCO1. The maximum atomic E-state index is 13.3. The van der Waals surface area contributed by atoms with Crippen LogP contribution in [0.3, 0.4) is 0 Å². The van der Waals surface area contributed by atoms with Gasteiger partial charge in [0.05, 0.1) is 32.0 Å². The molecule has 26 heavy (non-hydrogen) atoms. The Morgan fingerprint density at radius 2 is 2.35 bits per heavy atom. The van der Waals surface area contributed by atoms with Crippen LogP contribution >= 0.6 is 0 Å². The molecule has 7 nitrogen and oxygen atoms in total. The number of aliphatic carboxylic acids is 1. The number of hydrogen-bond donors (Lipinski definition) is 1. The lowest BCUT2D eigenvalue weighted by atomic mass is 10.2. The molecule has 1 fully saturated rings. The third-order valence-electron chi connectivity index (χ3n) is 4.16. The molecule has 0 aliphatic carbocycles. The molecule has 2 aromatic rings. The molecule has 0 amide bonds. The highest BCUT2D eigenvalue weighted by Gasteiger charge is 2.23. The Hall–Kier alpha value is -2.29. The Balaban J connectivity index is 1.56. The lowest BCUT2D eigenvalue weighted by Gasteiger charge is -2.33. The van der Waals surface area contributed by atoms with Crippen molar-refractivity contribution in [1.29, 1.82) is 0 Å². The number of rotatable bonds is 7. The van der Waals surface area contributed by atoms with Gasteiger partial charge in [0.15, 0.2) is 5.76 Å². The molecule has 8 heteroatoms. The molecule has 1 aromatic carbocycles. The lowest BCUT2D eigenvalue weighted by Crippen LogP contribution is -2.47. The predicted octanol–water partition coefficient (Wildman–Crippen LogP) is 1.70. The van der Waals surface area contributed by atoms with Crippen molar-refractivity contribution in [2.45, 2.75) is 12.6 Å². The normalized spacial score (nSPS) is 18.3. The standard InChI is InChI=1S/C18H22FN3O4/c1-21(12-18(23)24)9-15-10-22(5-6-25-15)11-17-20-8-16(26-17)13-3-2-4-14(19)7-13/h2-4,7-8,15H,5-6,9-12H2,1H3,(H,23,24). The summed E-state index contributed by atoms with van der Waals surface area (Å²) in [5.41, 5.74) is 0.652. The second-order valence-corrected chi connectivity index (χ2v) is 6.45. The van der Waals surface area contributed by atoms with Crippen LogP contribution in [-0.2, 0) is 16.1 Å². The topological polar surface area (TPSA) is 79.0 Å². The number of oxazole rings is 1. The average molecular weight is 363 g/mol. The van der Waals surface area contributed by atoms with Crippen LogP contribution in [0.5, 0.6) is 0 Å². The lowest BCUT2D eigenvalue weighted by molar-refractivity contribution is -0.138. The Morgan fingerprint density at radius 1 is 1.50 bits per heavy atom. The predicted molar refractivity (Wildman–Crippen MR) is 92.0 cm³/mol. The van der Waals surface area contributed by atoms with Crippen molar-refractivity contribution in [3.05, 3.63) is 42.2 Å². The van der Waals surface area contributed by atoms with Gasteiger partial charge in [0.25, 0.3) is 0 Å². The number of benzene rings is 1. The van der Waals surface area contributed by atoms with Gasteiger partial charge in [-0.3, -0.25) is 14.6 Å². The second kappa shape index (κ2) is 8.39. The number of carboxylic acid groups (broad SMARTS) is 1. The summed E-state index contributed by atoms with van der Waals surface area (Å²) in [5, 5.41) is 8.84. The zero-order valence-corrected chi connectivity index (χ0v) is 14.6. The van der Waals surface area contributed by atoms with E-state index in [2.05, 4.69) is 9.88 Å². The van der Waals surface area contributed by atoms with Crippen molar-refractivity contribution in [3.8, 4) is 11.3 Å². The number of morpholine rings is 1. The maximum absolute atomic E-state index is 13.3. The van der Waals surface area contributed by atoms with E-state index in [1.807, 2.05) is 0 Å². The summed E-state index contributed by atoms with van der Waals surface area (Å²) in [5.74, 6) is -0.0823. The number of hydrogen-bond acceptors (Lipinski definition) is 6. The monoisotopic (exact) mass is 363 g/mol. The van der Waals surface area contributed by atoms with Crippen molar-refractivity contribution >= 4 is 5.97 Å². The molecule has 1 aliphatic heterocycles. The highest BCUT2D eigenvalue weighted by molar-refractivity contribution is 5.69. The van der Waals surface area contributed by atoms with E-state index in [4.69, 9.17) is 14.3 Å². The Bertz CT molecular complexity index is 752. The fourth-order valence-corrected chi connectivity index (χ4v) is 3.03. The molecule has 0 radical (unpaired) electrons. The molecule has 0 saturated carbocycles. The number of likely N-dealkylation sites (N-methyl/N-ethyl adjacent to an activating group) is 1. The minimum absolute atomic E-state index is 0.0173. The van der Waals surface area contributed by atoms with Gasteiger partial charge in [0, 0.05) is 25.2 Å². The first kappa shape index (κ1) is 18.5. The van der Waals surface area contributed by atoms with E-state index in [1.165, 1.54) is 12.1 Å². The van der Waals surface area contributed by atoms with Gasteiger partial charge in [-0.15, -0.1) is 0 Å². The summed E-state index contributed by atoms with van der Waals surface area (Å²) in [6.07, 6.45) is 1.54. The fraction of sp³-hybridized carbons (Fsp3) is 0.444. The molecular weight excluding hydrogens is 341 g/mol. The largest absolute Gasteiger partial charge is 0.480 e. The molecule has 3 rings (SSSR count). The molecule has 140 valence electrons. The van der Waals surface area contributed by atoms with E-state index in [0.717, 1.165) is 6.54 Å². The third kappa shape index (κ3) is 5.10. The summed E-state index contributed by atoms with van der Waals surface area (Å²) in [4.78, 5) is 18.9. The molecule has 1 N–H and O–H groups in total. The summed E-state index contributed by atoms with van der Waals surface area (Å²) in [7, 11) is 1.76. The number of ether oxygens (including phenoxy) is 1. The van der Waals surface area contributed by atoms with Gasteiger partial charge in [-0.05, 0) is 19.2 Å². The molecule has 0 spiro atoms. The molecule has 1 saturated heterocycles. The van der Waals surface area contributed by atoms with Gasteiger partial charge < -0.3 is 14.3 Å². The van der Waals surface area contributed by atoms with Crippen molar-refractivity contribution in [3.63, 3.8) is 0 Å². The molecule has 1 aliphatic rings. The van der Waals surface area contributed by atoms with Crippen LogP contribution in [0.2, 0.25) is 0 Å². The van der Waals surface area contributed by atoms with Crippen molar-refractivity contribution in [2.75, 3.05) is 39.8 Å². The van der Waals surface area contributed by atoms with E-state index in [1.54, 1.807) is 30.3 Å². The Kier molecular flexibility index (Phi) is 5.97. The first-order valence-electron chi connectivity index (χ1n) is 8.44. The number of aromatic nitrogens is 1. The fourth-order valence-electron chi connectivity index (χ4n) is 3.03. The van der Waals surface area contributed by atoms with Crippen LogP contribution in [0.1, 0.15) is 5.89 Å². The van der Waals surface area contributed by atoms with E-state index in [9.17, 15) is 9.18 Å². The molecule has 1 unspecified atom stereocenters. The van der Waals surface area contributed by atoms with Gasteiger partial charge in [0.2, 0.25) is 5.89 Å². The van der Waals surface area contributed by atoms with Crippen LogP contribution < -0.4 is 0 Å². The zero-order chi connectivity index (χ0) is 18.5. The van der Waals surface area contributed by atoms with Crippen LogP contribution in [0.25, 0.3) is 11.3 Å². The highest BCUT2D eigenvalue weighted by atomic mass is 19.1. The molecule has 1 aromatic heterocycles. The Labute approximate surface area is 151 Å². The van der Waals surface area contributed by atoms with Crippen LogP contribution in [0.4, 0.5) is 4.39 Å². The Morgan fingerprint density at radius 3 is 3.12 bits per heavy atom. The molecular formula is C18H22FN3O4. The zero-order valence-electron chi connectivity index (χ0n) is 14.6. The average Bonchev–Trinajstić information content (AvgIpc) is 3.03. The van der Waals surface area contributed by atoms with Crippen molar-refractivity contribution < 1.29 is 23.4 Å². The summed E-state index contributed by atoms with van der Waals surface area (Å²) in [6.45, 7) is 3.04. The summed E-state index contributed by atoms with van der Waals surface area (Å²) >= 11 is 0. The number of carboxylic acids is 1. The van der Waals surface area contributed by atoms with Gasteiger partial charge in [-0.25, -0.2) is 9.37 Å². The number of carbonyl (C=O) groups is 1. The maximum Gasteiger partial charge on any atom is 0.317 e. The third-order valence-corrected chi connectivity index (χ3v) is 4.16. The smallest absolute Gasteiger partial charge is 0.317 e. The minimum Gasteiger partial charge on any atom is -0.480 e. The molecule has 1 atom stereocenters. The van der Waals surface area contributed by atoms with E-state index < -0.39 is 5.97 Å². The minimum atomic E-state index is -0.857. The van der Waals surface area contributed by atoms with Crippen molar-refractivity contribution in [2.24, 2.45) is 0 Å². The van der Waals surface area contributed by atoms with Gasteiger partial charge in [-0.1, -0.05) is 12.1 Å². The molecule has 2 heterocycles. The first-order valence-corrected chi connectivity index (χ1v) is 8.44. The number of nitrogens with zero attached hydrogens (tertiary/aromatic N) is 3. The van der Waals surface area contributed by atoms with Gasteiger partial charge >= 0.3 is 5.97 Å². The van der Waals surface area contributed by atoms with E-state index >= 15 is 0 Å².